The van der Waals surface area contributed by atoms with Gasteiger partial charge >= 0.3 is 11.9 Å². The third-order valence-electron chi connectivity index (χ3n) is 5.37. The summed E-state index contributed by atoms with van der Waals surface area (Å²) in [6.45, 7) is 8.23. The molecule has 1 heterocycles. The van der Waals surface area contributed by atoms with Crippen molar-refractivity contribution in [3.05, 3.63) is 83.2 Å². The summed E-state index contributed by atoms with van der Waals surface area (Å²) in [7, 11) is 1.61. The van der Waals surface area contributed by atoms with Gasteiger partial charge in [-0.1, -0.05) is 30.3 Å². The molecule has 0 saturated carbocycles. The molecular formula is C28H33NO6. The quantitative estimate of drug-likeness (QED) is 0.445. The first-order chi connectivity index (χ1) is 16.9. The number of nitrogens with zero attached hydrogens (tertiary/aromatic N) is 1. The zero-order chi connectivity index (χ0) is 25.4. The van der Waals surface area contributed by atoms with E-state index in [1.807, 2.05) is 67.3 Å². The molecule has 3 rings (SSSR count). The van der Waals surface area contributed by atoms with E-state index in [9.17, 15) is 9.59 Å². The summed E-state index contributed by atoms with van der Waals surface area (Å²) in [6.07, 6.45) is 3.39. The van der Waals surface area contributed by atoms with Crippen molar-refractivity contribution >= 4 is 11.9 Å². The number of carbonyl (C=O) groups excluding carboxylic acids is 2. The van der Waals surface area contributed by atoms with E-state index in [1.165, 1.54) is 0 Å². The smallest absolute Gasteiger partial charge is 0.336 e. The lowest BCUT2D eigenvalue weighted by molar-refractivity contribution is -0.139. The normalized spacial score (nSPS) is 13.7. The highest BCUT2D eigenvalue weighted by Gasteiger charge is 2.37. The van der Waals surface area contributed by atoms with Crippen molar-refractivity contribution in [1.29, 1.82) is 0 Å². The van der Waals surface area contributed by atoms with Gasteiger partial charge in [0.1, 0.15) is 11.5 Å². The highest BCUT2D eigenvalue weighted by atomic mass is 16.5. The van der Waals surface area contributed by atoms with Gasteiger partial charge in [-0.15, -0.1) is 0 Å². The number of esters is 2. The molecule has 0 unspecified atom stereocenters. The lowest BCUT2D eigenvalue weighted by Crippen LogP contribution is -2.29. The summed E-state index contributed by atoms with van der Waals surface area (Å²) in [6, 6.07) is 15.0. The average molecular weight is 480 g/mol. The van der Waals surface area contributed by atoms with Gasteiger partial charge in [-0.2, -0.15) is 0 Å². The van der Waals surface area contributed by atoms with Gasteiger partial charge in [-0.05, 0) is 51.5 Å². The third-order valence-corrected chi connectivity index (χ3v) is 5.37. The molecule has 0 bridgehead atoms. The van der Waals surface area contributed by atoms with Crippen LogP contribution in [0, 0.1) is 0 Å². The van der Waals surface area contributed by atoms with Gasteiger partial charge in [0.05, 0.1) is 43.5 Å². The number of rotatable bonds is 10. The molecule has 0 spiro atoms. The largest absolute Gasteiger partial charge is 0.497 e. The maximum atomic E-state index is 13.2. The number of carbonyl (C=O) groups is 2. The molecule has 7 nitrogen and oxygen atoms in total. The Balaban J connectivity index is 2.11. The van der Waals surface area contributed by atoms with Gasteiger partial charge < -0.3 is 23.8 Å². The van der Waals surface area contributed by atoms with Gasteiger partial charge in [0.25, 0.3) is 0 Å². The Morgan fingerprint density at radius 2 is 1.46 bits per heavy atom. The van der Waals surface area contributed by atoms with Crippen molar-refractivity contribution in [2.24, 2.45) is 0 Å². The third kappa shape index (κ3) is 6.44. The van der Waals surface area contributed by atoms with Crippen LogP contribution in [0.3, 0.4) is 0 Å². The van der Waals surface area contributed by atoms with Crippen LogP contribution in [0.25, 0.3) is 0 Å². The van der Waals surface area contributed by atoms with Crippen LogP contribution in [0.1, 0.15) is 44.7 Å². The Labute approximate surface area is 206 Å². The van der Waals surface area contributed by atoms with E-state index in [-0.39, 0.29) is 19.3 Å². The molecule has 7 heteroatoms. The minimum atomic E-state index is -0.699. The molecule has 0 aliphatic carbocycles. The fourth-order valence-electron chi connectivity index (χ4n) is 3.93. The minimum Gasteiger partial charge on any atom is -0.497 e. The molecule has 1 aliphatic rings. The molecule has 0 N–H and O–H groups in total. The molecule has 186 valence electrons. The van der Waals surface area contributed by atoms with Crippen LogP contribution in [-0.2, 0) is 25.6 Å². The summed E-state index contributed by atoms with van der Waals surface area (Å²) >= 11 is 0. The molecule has 1 aliphatic heterocycles. The van der Waals surface area contributed by atoms with Gasteiger partial charge in [-0.3, -0.25) is 0 Å². The van der Waals surface area contributed by atoms with Gasteiger partial charge in [0, 0.05) is 24.5 Å². The van der Waals surface area contributed by atoms with Gasteiger partial charge in [0.2, 0.25) is 0 Å². The van der Waals surface area contributed by atoms with Crippen LogP contribution in [0.15, 0.2) is 72.1 Å². The first-order valence-electron chi connectivity index (χ1n) is 11.8. The van der Waals surface area contributed by atoms with Crippen molar-refractivity contribution in [2.45, 2.75) is 46.3 Å². The van der Waals surface area contributed by atoms with E-state index in [0.717, 1.165) is 11.3 Å². The topological polar surface area (TPSA) is 74.3 Å². The Morgan fingerprint density at radius 3 is 1.97 bits per heavy atom. The first-order valence-corrected chi connectivity index (χ1v) is 11.8. The van der Waals surface area contributed by atoms with Crippen LogP contribution >= 0.6 is 0 Å². The molecule has 0 atom stereocenters. The van der Waals surface area contributed by atoms with Crippen LogP contribution in [0.2, 0.25) is 0 Å². The van der Waals surface area contributed by atoms with Crippen molar-refractivity contribution < 1.29 is 28.5 Å². The standard InChI is InChI=1S/C28H33NO6/c1-6-33-27(30)23-17-29(16-20-12-14-21(32-5)15-13-20)18-24(28(31)34-7-2)26(23)22-10-8-9-11-25(22)35-19(3)4/h8-15,17-19,26H,6-7,16H2,1-5H3. The zero-order valence-electron chi connectivity index (χ0n) is 20.9. The summed E-state index contributed by atoms with van der Waals surface area (Å²) in [5.74, 6) is -0.339. The number of para-hydroxylation sites is 1. The Kier molecular flexibility index (Phi) is 8.95. The highest BCUT2D eigenvalue weighted by Crippen LogP contribution is 2.41. The predicted molar refractivity (Wildman–Crippen MR) is 133 cm³/mol. The summed E-state index contributed by atoms with van der Waals surface area (Å²) in [4.78, 5) is 28.1. The second kappa shape index (κ2) is 12.1. The van der Waals surface area contributed by atoms with Crippen molar-refractivity contribution in [3.63, 3.8) is 0 Å². The first kappa shape index (κ1) is 25.9. The predicted octanol–water partition coefficient (Wildman–Crippen LogP) is 4.98. The van der Waals surface area contributed by atoms with E-state index >= 15 is 0 Å². The Bertz CT molecular complexity index is 1050. The fraction of sp³-hybridized carbons (Fsp3) is 0.357. The lowest BCUT2D eigenvalue weighted by atomic mass is 9.82. The molecule has 0 amide bonds. The van der Waals surface area contributed by atoms with E-state index < -0.39 is 17.9 Å². The molecule has 0 radical (unpaired) electrons. The van der Waals surface area contributed by atoms with E-state index in [0.29, 0.717) is 29.0 Å². The summed E-state index contributed by atoms with van der Waals surface area (Å²) in [5, 5.41) is 0. The van der Waals surface area contributed by atoms with Crippen molar-refractivity contribution in [1.82, 2.24) is 4.90 Å². The lowest BCUT2D eigenvalue weighted by Gasteiger charge is -2.31. The molecule has 35 heavy (non-hydrogen) atoms. The van der Waals surface area contributed by atoms with Crippen LogP contribution < -0.4 is 9.47 Å². The van der Waals surface area contributed by atoms with Crippen LogP contribution in [-0.4, -0.2) is 43.3 Å². The number of hydrogen-bond acceptors (Lipinski definition) is 7. The van der Waals surface area contributed by atoms with Gasteiger partial charge in [0.15, 0.2) is 0 Å². The van der Waals surface area contributed by atoms with Crippen LogP contribution in [0.5, 0.6) is 11.5 Å². The molecule has 0 saturated heterocycles. The second-order valence-corrected chi connectivity index (χ2v) is 8.27. The van der Waals surface area contributed by atoms with E-state index in [2.05, 4.69) is 0 Å². The number of ether oxygens (including phenoxy) is 4. The maximum absolute atomic E-state index is 13.2. The monoisotopic (exact) mass is 479 g/mol. The molecular weight excluding hydrogens is 446 g/mol. The van der Waals surface area contributed by atoms with Crippen molar-refractivity contribution in [3.8, 4) is 11.5 Å². The zero-order valence-corrected chi connectivity index (χ0v) is 20.9. The molecule has 0 aromatic heterocycles. The summed E-state index contributed by atoms with van der Waals surface area (Å²) in [5.41, 5.74) is 2.35. The van der Waals surface area contributed by atoms with E-state index in [1.54, 1.807) is 33.4 Å². The Hall–Kier alpha value is -3.74. The van der Waals surface area contributed by atoms with Crippen LogP contribution in [0.4, 0.5) is 0 Å². The highest BCUT2D eigenvalue weighted by molar-refractivity contribution is 5.99. The number of benzene rings is 2. The fourth-order valence-corrected chi connectivity index (χ4v) is 3.93. The Morgan fingerprint density at radius 1 is 0.886 bits per heavy atom. The minimum absolute atomic E-state index is 0.0867. The molecule has 2 aromatic rings. The van der Waals surface area contributed by atoms with Crippen molar-refractivity contribution in [2.75, 3.05) is 20.3 Å². The SMILES string of the molecule is CCOC(=O)C1=CN(Cc2ccc(OC)cc2)C=C(C(=O)OCC)C1c1ccccc1OC(C)C. The average Bonchev–Trinajstić information content (AvgIpc) is 2.84. The molecule has 2 aromatic carbocycles. The molecule has 0 fully saturated rings. The number of methoxy groups -OCH3 is 1. The van der Waals surface area contributed by atoms with E-state index in [4.69, 9.17) is 18.9 Å². The number of hydrogen-bond donors (Lipinski definition) is 0. The summed E-state index contributed by atoms with van der Waals surface area (Å²) < 4.78 is 22.1. The maximum Gasteiger partial charge on any atom is 0.336 e. The second-order valence-electron chi connectivity index (χ2n) is 8.27. The van der Waals surface area contributed by atoms with Gasteiger partial charge in [-0.25, -0.2) is 9.59 Å².